The first-order valence-electron chi connectivity index (χ1n) is 8.90. The molecule has 1 aliphatic heterocycles. The maximum atomic E-state index is 12.9. The number of carboxylic acids is 1. The zero-order valence-electron chi connectivity index (χ0n) is 15.9. The maximum Gasteiger partial charge on any atom is 0.526 e. The summed E-state index contributed by atoms with van der Waals surface area (Å²) in [6.45, 7) is 3.18. The number of fused-ring (bicyclic) bond motifs is 1. The maximum absolute atomic E-state index is 12.9. The van der Waals surface area contributed by atoms with Crippen molar-refractivity contribution < 1.29 is 29.2 Å². The lowest BCUT2D eigenvalue weighted by Gasteiger charge is -2.28. The smallest absolute Gasteiger partial charge is 0.526 e. The van der Waals surface area contributed by atoms with E-state index in [2.05, 4.69) is 10.1 Å². The molecule has 0 saturated carbocycles. The minimum atomic E-state index is -1.24. The highest BCUT2D eigenvalue weighted by Crippen LogP contribution is 2.36. The van der Waals surface area contributed by atoms with E-state index in [9.17, 15) is 14.6 Å². The Bertz CT molecular complexity index is 963. The van der Waals surface area contributed by atoms with Crippen molar-refractivity contribution in [2.24, 2.45) is 5.16 Å². The number of oxime groups is 1. The molecule has 2 aromatic rings. The fraction of sp³-hybridized carbons (Fsp3) is 0.333. The molecule has 4 N–H and O–H groups in total. The highest BCUT2D eigenvalue weighted by molar-refractivity contribution is 7.13. The molecule has 1 aromatic heterocycles. The predicted octanol–water partition coefficient (Wildman–Crippen LogP) is 1.67. The number of thiazole rings is 1. The molecule has 9 nitrogen and oxygen atoms in total. The van der Waals surface area contributed by atoms with Gasteiger partial charge in [0.05, 0.1) is 0 Å². The van der Waals surface area contributed by atoms with Gasteiger partial charge in [0.25, 0.3) is 0 Å². The van der Waals surface area contributed by atoms with Gasteiger partial charge in [0.15, 0.2) is 16.6 Å². The van der Waals surface area contributed by atoms with Gasteiger partial charge in [0, 0.05) is 17.6 Å². The van der Waals surface area contributed by atoms with Crippen molar-refractivity contribution in [3.05, 3.63) is 40.4 Å². The Balaban J connectivity index is 1.81. The molecule has 11 heteroatoms. The van der Waals surface area contributed by atoms with Gasteiger partial charge in [-0.3, -0.25) is 4.79 Å². The second kappa shape index (κ2) is 8.62. The van der Waals surface area contributed by atoms with Crippen LogP contribution in [0.4, 0.5) is 5.13 Å². The third kappa shape index (κ3) is 4.74. The van der Waals surface area contributed by atoms with E-state index in [0.29, 0.717) is 12.2 Å². The number of aliphatic carboxylic acids is 1. The van der Waals surface area contributed by atoms with Crippen LogP contribution in [0, 0.1) is 6.92 Å². The number of carbonyl (C=O) groups excluding carboxylic acids is 1. The molecule has 152 valence electrons. The minimum Gasteiger partial charge on any atom is -0.536 e. The fourth-order valence-corrected chi connectivity index (χ4v) is 3.51. The molecule has 1 aromatic carbocycles. The number of aromatic nitrogens is 1. The van der Waals surface area contributed by atoms with Crippen molar-refractivity contribution in [2.45, 2.75) is 38.6 Å². The summed E-state index contributed by atoms with van der Waals surface area (Å²) in [7, 11) is -1.16. The lowest BCUT2D eigenvalue weighted by Crippen LogP contribution is -2.36. The molecule has 2 atom stereocenters. The third-order valence-corrected chi connectivity index (χ3v) is 5.22. The van der Waals surface area contributed by atoms with Gasteiger partial charge in [-0.2, -0.15) is 0 Å². The van der Waals surface area contributed by atoms with Crippen LogP contribution in [0.3, 0.4) is 0 Å². The Morgan fingerprint density at radius 3 is 2.93 bits per heavy atom. The van der Waals surface area contributed by atoms with Crippen molar-refractivity contribution in [3.63, 3.8) is 0 Å². The predicted molar refractivity (Wildman–Crippen MR) is 108 cm³/mol. The molecule has 0 fully saturated rings. The van der Waals surface area contributed by atoms with Gasteiger partial charge >= 0.3 is 13.1 Å². The molecule has 0 aliphatic carbocycles. The lowest BCUT2D eigenvalue weighted by atomic mass is 9.64. The average Bonchev–Trinajstić information content (AvgIpc) is 3.09. The Morgan fingerprint density at radius 1 is 1.52 bits per heavy atom. The third-order valence-electron chi connectivity index (χ3n) is 4.54. The second-order valence-electron chi connectivity index (χ2n) is 6.76. The van der Waals surface area contributed by atoms with Gasteiger partial charge in [-0.15, -0.1) is 11.3 Å². The summed E-state index contributed by atoms with van der Waals surface area (Å²) in [5.74, 6) is -1.56. The van der Waals surface area contributed by atoms with E-state index in [0.717, 1.165) is 22.5 Å². The average molecular weight is 417 g/mol. The number of aryl methyl sites for hydroxylation is 1. The topological polar surface area (TPSA) is 144 Å². The van der Waals surface area contributed by atoms with Crippen LogP contribution in [-0.4, -0.2) is 45.8 Å². The van der Waals surface area contributed by atoms with Gasteiger partial charge in [-0.25, -0.2) is 9.78 Å². The summed E-state index contributed by atoms with van der Waals surface area (Å²) in [5.41, 5.74) is 7.50. The quantitative estimate of drug-likeness (QED) is 0.351. The number of nitrogens with zero attached hydrogens (tertiary/aromatic N) is 2. The van der Waals surface area contributed by atoms with E-state index in [-0.39, 0.29) is 23.0 Å². The monoisotopic (exact) mass is 417 g/mol. The molecule has 0 amide bonds. The number of benzene rings is 1. The molecule has 1 aliphatic rings. The van der Waals surface area contributed by atoms with Crippen molar-refractivity contribution in [2.75, 3.05) is 5.73 Å². The molecule has 1 unspecified atom stereocenters. The van der Waals surface area contributed by atoms with Crippen molar-refractivity contribution in [3.8, 4) is 5.75 Å². The molecule has 0 spiro atoms. The summed E-state index contributed by atoms with van der Waals surface area (Å²) < 4.78 is 5.62. The normalized spacial score (nSPS) is 17.3. The van der Waals surface area contributed by atoms with Gasteiger partial charge in [-0.1, -0.05) is 23.4 Å². The summed E-state index contributed by atoms with van der Waals surface area (Å²) in [4.78, 5) is 32.9. The van der Waals surface area contributed by atoms with E-state index < -0.39 is 30.8 Å². The van der Waals surface area contributed by atoms with Crippen LogP contribution in [0.1, 0.15) is 30.2 Å². The van der Waals surface area contributed by atoms with E-state index >= 15 is 0 Å². The highest BCUT2D eigenvalue weighted by Gasteiger charge is 2.38. The number of carbonyl (C=O) groups is 2. The Hall–Kier alpha value is -2.92. The first-order chi connectivity index (χ1) is 13.8. The van der Waals surface area contributed by atoms with E-state index in [1.54, 1.807) is 0 Å². The van der Waals surface area contributed by atoms with E-state index in [1.165, 1.54) is 12.3 Å². The Morgan fingerprint density at radius 2 is 2.28 bits per heavy atom. The van der Waals surface area contributed by atoms with Crippen molar-refractivity contribution in [1.29, 1.82) is 0 Å². The van der Waals surface area contributed by atoms with Gasteiger partial charge in [0.2, 0.25) is 6.10 Å². The number of para-hydroxylation sites is 1. The van der Waals surface area contributed by atoms with Crippen LogP contribution in [0.2, 0.25) is 5.82 Å². The molecule has 0 bridgehead atoms. The second-order valence-corrected chi connectivity index (χ2v) is 7.65. The number of carboxylic acid groups (broad SMARTS) is 1. The van der Waals surface area contributed by atoms with Gasteiger partial charge in [-0.05, 0) is 31.4 Å². The van der Waals surface area contributed by atoms with Crippen LogP contribution < -0.4 is 10.4 Å². The van der Waals surface area contributed by atoms with Crippen molar-refractivity contribution >= 4 is 41.1 Å². The van der Waals surface area contributed by atoms with Crippen LogP contribution in [0.15, 0.2) is 28.7 Å². The minimum absolute atomic E-state index is 0.0877. The number of Topliss-reactive ketones (excluding diaryl/α,β-unsaturated/α-hetero) is 1. The van der Waals surface area contributed by atoms with Crippen LogP contribution in [-0.2, 0) is 20.8 Å². The standard InChI is InChI=1S/C18H20BN3O6S/c1-9-4-3-5-11-6-12(19(26)27-16(9)11)7-14(23)15(13-8-29-18(20)21-13)22-28-10(2)17(24)25/h3-5,8,10,12,26H,6-7H2,1-2H3,(H2,20,21)(H,24,25)/b22-15-/t10?,12-/m1/s1. The molecular weight excluding hydrogens is 397 g/mol. The number of rotatable bonds is 7. The number of ketones is 1. The summed E-state index contributed by atoms with van der Waals surface area (Å²) in [6.07, 6.45) is -0.884. The fourth-order valence-electron chi connectivity index (χ4n) is 2.96. The van der Waals surface area contributed by atoms with Crippen LogP contribution in [0.25, 0.3) is 0 Å². The van der Waals surface area contributed by atoms with Gasteiger partial charge in [0.1, 0.15) is 11.4 Å². The molecule has 2 heterocycles. The number of nitrogens with two attached hydrogens (primary N) is 1. The Labute approximate surface area is 171 Å². The molecule has 3 rings (SSSR count). The number of hydrogen-bond acceptors (Lipinski definition) is 9. The summed E-state index contributed by atoms with van der Waals surface area (Å²) in [5, 5.41) is 24.8. The lowest BCUT2D eigenvalue weighted by molar-refractivity contribution is -0.149. The SMILES string of the molecule is Cc1cccc2c1OB(O)[C@@H](CC(=O)/C(=N\OC(C)C(=O)O)c1csc(N)n1)C2. The van der Waals surface area contributed by atoms with E-state index in [4.69, 9.17) is 20.3 Å². The van der Waals surface area contributed by atoms with Crippen LogP contribution >= 0.6 is 11.3 Å². The molecule has 0 radical (unpaired) electrons. The first kappa shape index (κ1) is 20.8. The van der Waals surface area contributed by atoms with E-state index in [1.807, 2.05) is 25.1 Å². The molecule has 29 heavy (non-hydrogen) atoms. The Kier molecular flexibility index (Phi) is 6.19. The number of nitrogen functional groups attached to an aromatic ring is 1. The zero-order valence-corrected chi connectivity index (χ0v) is 16.7. The summed E-state index contributed by atoms with van der Waals surface area (Å²) >= 11 is 1.12. The summed E-state index contributed by atoms with van der Waals surface area (Å²) in [6, 6.07) is 5.66. The molecule has 0 saturated heterocycles. The first-order valence-corrected chi connectivity index (χ1v) is 9.78. The van der Waals surface area contributed by atoms with Gasteiger partial charge < -0.3 is 25.4 Å². The number of anilines is 1. The highest BCUT2D eigenvalue weighted by atomic mass is 32.1. The largest absolute Gasteiger partial charge is 0.536 e. The molecular formula is C18H20BN3O6S. The zero-order chi connectivity index (χ0) is 21.1. The van der Waals surface area contributed by atoms with Crippen LogP contribution in [0.5, 0.6) is 5.75 Å². The number of hydrogen-bond donors (Lipinski definition) is 3. The van der Waals surface area contributed by atoms with Crippen molar-refractivity contribution in [1.82, 2.24) is 4.98 Å².